The highest BCUT2D eigenvalue weighted by Gasteiger charge is 2.03. The van der Waals surface area contributed by atoms with Crippen molar-refractivity contribution >= 4 is 21.8 Å². The SMILES string of the molecule is CCONC(=O)CCc1ccccc1Br. The second-order valence-corrected chi connectivity index (χ2v) is 3.90. The molecule has 15 heavy (non-hydrogen) atoms. The van der Waals surface area contributed by atoms with E-state index >= 15 is 0 Å². The smallest absolute Gasteiger partial charge is 0.243 e. The average molecular weight is 272 g/mol. The first kappa shape index (κ1) is 12.2. The van der Waals surface area contributed by atoms with Crippen LogP contribution in [-0.2, 0) is 16.1 Å². The third kappa shape index (κ3) is 4.44. The summed E-state index contributed by atoms with van der Waals surface area (Å²) in [5, 5.41) is 0. The predicted molar refractivity (Wildman–Crippen MR) is 62.2 cm³/mol. The maximum Gasteiger partial charge on any atom is 0.243 e. The number of hydrogen-bond donors (Lipinski definition) is 1. The first-order valence-corrected chi connectivity index (χ1v) is 5.67. The molecule has 0 atom stereocenters. The summed E-state index contributed by atoms with van der Waals surface area (Å²) < 4.78 is 1.04. The van der Waals surface area contributed by atoms with E-state index in [0.717, 1.165) is 10.0 Å². The van der Waals surface area contributed by atoms with Crippen LogP contribution >= 0.6 is 15.9 Å². The highest BCUT2D eigenvalue weighted by Crippen LogP contribution is 2.17. The van der Waals surface area contributed by atoms with Crippen LogP contribution in [0.5, 0.6) is 0 Å². The molecule has 0 aliphatic heterocycles. The minimum atomic E-state index is -0.0902. The number of hydrogen-bond acceptors (Lipinski definition) is 2. The standard InChI is InChI=1S/C11H14BrNO2/c1-2-15-13-11(14)8-7-9-5-3-4-6-10(9)12/h3-6H,2,7-8H2,1H3,(H,13,14). The summed E-state index contributed by atoms with van der Waals surface area (Å²) in [5.74, 6) is -0.0902. The van der Waals surface area contributed by atoms with E-state index in [1.54, 1.807) is 0 Å². The molecule has 0 heterocycles. The largest absolute Gasteiger partial charge is 0.274 e. The summed E-state index contributed by atoms with van der Waals surface area (Å²) in [5.41, 5.74) is 3.50. The van der Waals surface area contributed by atoms with E-state index in [1.165, 1.54) is 0 Å². The van der Waals surface area contributed by atoms with E-state index in [0.29, 0.717) is 19.4 Å². The zero-order chi connectivity index (χ0) is 11.1. The normalized spacial score (nSPS) is 10.0. The molecule has 0 aromatic heterocycles. The number of hydroxylamine groups is 1. The zero-order valence-corrected chi connectivity index (χ0v) is 10.2. The van der Waals surface area contributed by atoms with Crippen LogP contribution in [0.3, 0.4) is 0 Å². The molecule has 0 fully saturated rings. The number of rotatable bonds is 5. The van der Waals surface area contributed by atoms with Gasteiger partial charge in [-0.05, 0) is 25.0 Å². The van der Waals surface area contributed by atoms with Gasteiger partial charge in [0.1, 0.15) is 0 Å². The van der Waals surface area contributed by atoms with Gasteiger partial charge in [-0.3, -0.25) is 9.63 Å². The number of carbonyl (C=O) groups is 1. The van der Waals surface area contributed by atoms with Gasteiger partial charge < -0.3 is 0 Å². The van der Waals surface area contributed by atoms with Crippen molar-refractivity contribution in [3.8, 4) is 0 Å². The third-order valence-corrected chi connectivity index (χ3v) is 2.68. The average Bonchev–Trinajstić information content (AvgIpc) is 2.25. The second kappa shape index (κ2) is 6.58. The molecule has 0 radical (unpaired) electrons. The van der Waals surface area contributed by atoms with Crippen molar-refractivity contribution in [2.45, 2.75) is 19.8 Å². The summed E-state index contributed by atoms with van der Waals surface area (Å²) in [6, 6.07) is 7.88. The highest BCUT2D eigenvalue weighted by molar-refractivity contribution is 9.10. The first-order valence-electron chi connectivity index (χ1n) is 4.88. The van der Waals surface area contributed by atoms with Crippen molar-refractivity contribution < 1.29 is 9.63 Å². The van der Waals surface area contributed by atoms with Gasteiger partial charge in [0, 0.05) is 10.9 Å². The molecular formula is C11H14BrNO2. The molecule has 0 bridgehead atoms. The molecule has 1 aromatic carbocycles. The molecular weight excluding hydrogens is 258 g/mol. The Morgan fingerprint density at radius 3 is 2.87 bits per heavy atom. The Morgan fingerprint density at radius 2 is 2.20 bits per heavy atom. The van der Waals surface area contributed by atoms with Crippen LogP contribution in [0.1, 0.15) is 18.9 Å². The predicted octanol–water partition coefficient (Wildman–Crippen LogP) is 2.45. The summed E-state index contributed by atoms with van der Waals surface area (Å²) in [6.45, 7) is 2.31. The molecule has 0 unspecified atom stereocenters. The van der Waals surface area contributed by atoms with Gasteiger partial charge in [-0.1, -0.05) is 34.1 Å². The van der Waals surface area contributed by atoms with Crippen molar-refractivity contribution in [2.75, 3.05) is 6.61 Å². The second-order valence-electron chi connectivity index (χ2n) is 3.05. The van der Waals surface area contributed by atoms with Gasteiger partial charge >= 0.3 is 0 Å². The molecule has 3 nitrogen and oxygen atoms in total. The molecule has 0 aliphatic carbocycles. The molecule has 82 valence electrons. The van der Waals surface area contributed by atoms with Crippen LogP contribution in [0, 0.1) is 0 Å². The van der Waals surface area contributed by atoms with Crippen molar-refractivity contribution in [1.29, 1.82) is 0 Å². The fourth-order valence-electron chi connectivity index (χ4n) is 1.15. The van der Waals surface area contributed by atoms with E-state index < -0.39 is 0 Å². The fraction of sp³-hybridized carbons (Fsp3) is 0.364. The van der Waals surface area contributed by atoms with Crippen LogP contribution in [0.2, 0.25) is 0 Å². The fourth-order valence-corrected chi connectivity index (χ4v) is 1.64. The summed E-state index contributed by atoms with van der Waals surface area (Å²) in [4.78, 5) is 16.0. The quantitative estimate of drug-likeness (QED) is 0.836. The Morgan fingerprint density at radius 1 is 1.47 bits per heavy atom. The molecule has 0 saturated carbocycles. The summed E-state index contributed by atoms with van der Waals surface area (Å²) >= 11 is 3.44. The molecule has 1 rings (SSSR count). The van der Waals surface area contributed by atoms with Gasteiger partial charge in [-0.2, -0.15) is 0 Å². The maximum absolute atomic E-state index is 11.2. The molecule has 0 aliphatic rings. The molecule has 0 spiro atoms. The van der Waals surface area contributed by atoms with Crippen LogP contribution in [0.4, 0.5) is 0 Å². The Labute approximate surface area is 97.9 Å². The summed E-state index contributed by atoms with van der Waals surface area (Å²) in [7, 11) is 0. The first-order chi connectivity index (χ1) is 7.24. The van der Waals surface area contributed by atoms with Gasteiger partial charge in [0.25, 0.3) is 0 Å². The van der Waals surface area contributed by atoms with Crippen LogP contribution in [0.15, 0.2) is 28.7 Å². The van der Waals surface area contributed by atoms with E-state index in [2.05, 4.69) is 21.4 Å². The number of nitrogens with one attached hydrogen (secondary N) is 1. The molecule has 1 aromatic rings. The van der Waals surface area contributed by atoms with Gasteiger partial charge in [-0.15, -0.1) is 0 Å². The lowest BCUT2D eigenvalue weighted by Gasteiger charge is -2.05. The lowest BCUT2D eigenvalue weighted by Crippen LogP contribution is -2.23. The zero-order valence-electron chi connectivity index (χ0n) is 8.63. The monoisotopic (exact) mass is 271 g/mol. The van der Waals surface area contributed by atoms with Gasteiger partial charge in [-0.25, -0.2) is 5.48 Å². The van der Waals surface area contributed by atoms with Gasteiger partial charge in [0.2, 0.25) is 5.91 Å². The lowest BCUT2D eigenvalue weighted by atomic mass is 10.1. The van der Waals surface area contributed by atoms with Crippen LogP contribution in [-0.4, -0.2) is 12.5 Å². The van der Waals surface area contributed by atoms with Gasteiger partial charge in [0.15, 0.2) is 0 Å². The Balaban J connectivity index is 2.37. The molecule has 1 N–H and O–H groups in total. The van der Waals surface area contributed by atoms with Crippen LogP contribution < -0.4 is 5.48 Å². The summed E-state index contributed by atoms with van der Waals surface area (Å²) in [6.07, 6.45) is 1.14. The number of halogens is 1. The number of amides is 1. The van der Waals surface area contributed by atoms with E-state index in [1.807, 2.05) is 31.2 Å². The number of carbonyl (C=O) groups excluding carboxylic acids is 1. The van der Waals surface area contributed by atoms with E-state index in [9.17, 15) is 4.79 Å². The third-order valence-electron chi connectivity index (χ3n) is 1.91. The van der Waals surface area contributed by atoms with Crippen molar-refractivity contribution in [3.05, 3.63) is 34.3 Å². The molecule has 1 amide bonds. The Hall–Kier alpha value is -0.870. The lowest BCUT2D eigenvalue weighted by molar-refractivity contribution is -0.133. The Bertz CT molecular complexity index is 328. The maximum atomic E-state index is 11.2. The minimum absolute atomic E-state index is 0.0902. The van der Waals surface area contributed by atoms with Crippen molar-refractivity contribution in [2.24, 2.45) is 0 Å². The minimum Gasteiger partial charge on any atom is -0.274 e. The van der Waals surface area contributed by atoms with E-state index in [4.69, 9.17) is 4.84 Å². The van der Waals surface area contributed by atoms with E-state index in [-0.39, 0.29) is 5.91 Å². The molecule has 4 heteroatoms. The highest BCUT2D eigenvalue weighted by atomic mass is 79.9. The topological polar surface area (TPSA) is 38.3 Å². The van der Waals surface area contributed by atoms with Crippen molar-refractivity contribution in [1.82, 2.24) is 5.48 Å². The molecule has 0 saturated heterocycles. The number of aryl methyl sites for hydroxylation is 1. The Kier molecular flexibility index (Phi) is 5.36. The number of benzene rings is 1. The van der Waals surface area contributed by atoms with Gasteiger partial charge in [0.05, 0.1) is 6.61 Å². The van der Waals surface area contributed by atoms with Crippen molar-refractivity contribution in [3.63, 3.8) is 0 Å². The van der Waals surface area contributed by atoms with Crippen LogP contribution in [0.25, 0.3) is 0 Å².